The zero-order valence-electron chi connectivity index (χ0n) is 10.8. The Morgan fingerprint density at radius 3 is 2.59 bits per heavy atom. The maximum Gasteiger partial charge on any atom is 0.140 e. The molecule has 1 aromatic heterocycles. The zero-order chi connectivity index (χ0) is 12.5. The van der Waals surface area contributed by atoms with Crippen molar-refractivity contribution in [2.24, 2.45) is 0 Å². The lowest BCUT2D eigenvalue weighted by molar-refractivity contribution is -0.0165. The van der Waals surface area contributed by atoms with Crippen molar-refractivity contribution >= 4 is 12.2 Å². The molecule has 4 heteroatoms. The highest BCUT2D eigenvalue weighted by molar-refractivity contribution is 7.71. The summed E-state index contributed by atoms with van der Waals surface area (Å²) in [5, 5.41) is 0. The number of aromatic amines is 1. The lowest BCUT2D eigenvalue weighted by Gasteiger charge is -2.27. The molecule has 1 N–H and O–H groups in total. The van der Waals surface area contributed by atoms with E-state index in [1.54, 1.807) is 7.11 Å². The van der Waals surface area contributed by atoms with Gasteiger partial charge in [-0.2, -0.15) is 0 Å². The molecular formula is C13H20N2OS. The Morgan fingerprint density at radius 1 is 1.41 bits per heavy atom. The second-order valence-electron chi connectivity index (χ2n) is 4.75. The minimum absolute atomic E-state index is 0.231. The summed E-state index contributed by atoms with van der Waals surface area (Å²) in [7, 11) is 1.77. The Hall–Kier alpha value is -0.740. The molecule has 17 heavy (non-hydrogen) atoms. The molecule has 0 bridgehead atoms. The van der Waals surface area contributed by atoms with Gasteiger partial charge >= 0.3 is 0 Å². The summed E-state index contributed by atoms with van der Waals surface area (Å²) >= 11 is 5.34. The Kier molecular flexibility index (Phi) is 3.64. The van der Waals surface area contributed by atoms with Crippen molar-refractivity contribution in [2.45, 2.75) is 51.6 Å². The molecule has 0 amide bonds. The van der Waals surface area contributed by atoms with Gasteiger partial charge in [0, 0.05) is 18.4 Å². The van der Waals surface area contributed by atoms with Crippen LogP contribution in [-0.4, -0.2) is 17.1 Å². The Morgan fingerprint density at radius 2 is 2.06 bits per heavy atom. The number of H-pyrrole nitrogens is 1. The van der Waals surface area contributed by atoms with Gasteiger partial charge in [-0.05, 0) is 39.0 Å². The van der Waals surface area contributed by atoms with Gasteiger partial charge in [-0.3, -0.25) is 0 Å². The molecule has 94 valence electrons. The number of hydrogen-bond donors (Lipinski definition) is 1. The van der Waals surface area contributed by atoms with Crippen molar-refractivity contribution in [3.63, 3.8) is 0 Å². The summed E-state index contributed by atoms with van der Waals surface area (Å²) in [6.07, 6.45) is 5.42. The fourth-order valence-corrected chi connectivity index (χ4v) is 2.85. The molecule has 1 saturated carbocycles. The first-order valence-electron chi connectivity index (χ1n) is 6.28. The van der Waals surface area contributed by atoms with Gasteiger partial charge in [0.15, 0.2) is 0 Å². The summed E-state index contributed by atoms with van der Waals surface area (Å²) in [6, 6.07) is 0. The maximum atomic E-state index is 5.74. The third kappa shape index (κ3) is 2.16. The number of nitrogens with one attached hydrogen (secondary N) is 1. The van der Waals surface area contributed by atoms with Gasteiger partial charge in [0.25, 0.3) is 0 Å². The van der Waals surface area contributed by atoms with Crippen LogP contribution < -0.4 is 0 Å². The molecule has 0 aromatic carbocycles. The van der Waals surface area contributed by atoms with Crippen molar-refractivity contribution in [3.05, 3.63) is 21.7 Å². The van der Waals surface area contributed by atoms with Crippen LogP contribution in [0.15, 0.2) is 0 Å². The predicted molar refractivity (Wildman–Crippen MR) is 70.7 cm³/mol. The first-order chi connectivity index (χ1) is 8.13. The molecule has 0 atom stereocenters. The molecule has 3 nitrogen and oxygen atoms in total. The fraction of sp³-hybridized carbons (Fsp3) is 0.692. The molecule has 1 heterocycles. The SMILES string of the molecule is CCc1[nH]c(C2(OC)CCCC2)nc(=S)c1C. The first kappa shape index (κ1) is 12.7. The summed E-state index contributed by atoms with van der Waals surface area (Å²) in [6.45, 7) is 4.16. The Balaban J connectivity index is 2.52. The zero-order valence-corrected chi connectivity index (χ0v) is 11.6. The third-order valence-electron chi connectivity index (χ3n) is 3.84. The monoisotopic (exact) mass is 252 g/mol. The smallest absolute Gasteiger partial charge is 0.140 e. The minimum atomic E-state index is -0.231. The van der Waals surface area contributed by atoms with E-state index in [2.05, 4.69) is 16.9 Å². The summed E-state index contributed by atoms with van der Waals surface area (Å²) < 4.78 is 6.45. The van der Waals surface area contributed by atoms with Gasteiger partial charge < -0.3 is 9.72 Å². The highest BCUT2D eigenvalue weighted by atomic mass is 32.1. The van der Waals surface area contributed by atoms with E-state index in [0.29, 0.717) is 4.64 Å². The molecule has 2 rings (SSSR count). The molecule has 0 spiro atoms. The topological polar surface area (TPSA) is 37.9 Å². The average molecular weight is 252 g/mol. The summed E-state index contributed by atoms with van der Waals surface area (Å²) in [4.78, 5) is 7.97. The van der Waals surface area contributed by atoms with E-state index in [4.69, 9.17) is 17.0 Å². The van der Waals surface area contributed by atoms with E-state index in [1.807, 2.05) is 6.92 Å². The molecule has 0 aliphatic heterocycles. The largest absolute Gasteiger partial charge is 0.370 e. The van der Waals surface area contributed by atoms with Crippen molar-refractivity contribution in [1.82, 2.24) is 9.97 Å². The standard InChI is InChI=1S/C13H20N2OS/c1-4-10-9(2)11(17)15-12(14-10)13(16-3)7-5-6-8-13/h4-8H2,1-3H3,(H,14,15,17). The van der Waals surface area contributed by atoms with Gasteiger partial charge in [-0.25, -0.2) is 4.98 Å². The van der Waals surface area contributed by atoms with E-state index in [0.717, 1.165) is 30.7 Å². The van der Waals surface area contributed by atoms with E-state index in [-0.39, 0.29) is 5.60 Å². The number of aryl methyl sites for hydroxylation is 1. The number of ether oxygens (including phenoxy) is 1. The van der Waals surface area contributed by atoms with E-state index in [1.165, 1.54) is 18.5 Å². The Bertz CT molecular complexity index is 461. The van der Waals surface area contributed by atoms with E-state index >= 15 is 0 Å². The van der Waals surface area contributed by atoms with E-state index in [9.17, 15) is 0 Å². The minimum Gasteiger partial charge on any atom is -0.370 e. The number of hydrogen-bond acceptors (Lipinski definition) is 3. The number of rotatable bonds is 3. The molecule has 0 radical (unpaired) electrons. The first-order valence-corrected chi connectivity index (χ1v) is 6.69. The lowest BCUT2D eigenvalue weighted by atomic mass is 10.0. The maximum absolute atomic E-state index is 5.74. The Labute approximate surface area is 108 Å². The quantitative estimate of drug-likeness (QED) is 0.838. The van der Waals surface area contributed by atoms with Crippen LogP contribution in [0.3, 0.4) is 0 Å². The van der Waals surface area contributed by atoms with Gasteiger partial charge in [-0.15, -0.1) is 0 Å². The number of methoxy groups -OCH3 is 1. The van der Waals surface area contributed by atoms with Crippen LogP contribution in [0.25, 0.3) is 0 Å². The number of aromatic nitrogens is 2. The predicted octanol–water partition coefficient (Wildman–Crippen LogP) is 3.43. The molecule has 1 fully saturated rings. The van der Waals surface area contributed by atoms with Crippen LogP contribution in [0.5, 0.6) is 0 Å². The van der Waals surface area contributed by atoms with Crippen molar-refractivity contribution in [1.29, 1.82) is 0 Å². The summed E-state index contributed by atoms with van der Waals surface area (Å²) in [5.41, 5.74) is 2.05. The van der Waals surface area contributed by atoms with Gasteiger partial charge in [0.05, 0.1) is 0 Å². The van der Waals surface area contributed by atoms with Crippen LogP contribution in [0.4, 0.5) is 0 Å². The molecular weight excluding hydrogens is 232 g/mol. The van der Waals surface area contributed by atoms with Crippen LogP contribution in [0.2, 0.25) is 0 Å². The molecule has 0 saturated heterocycles. The van der Waals surface area contributed by atoms with Crippen LogP contribution in [0.1, 0.15) is 49.7 Å². The molecule has 1 aliphatic carbocycles. The van der Waals surface area contributed by atoms with Crippen LogP contribution >= 0.6 is 12.2 Å². The van der Waals surface area contributed by atoms with Crippen molar-refractivity contribution in [2.75, 3.05) is 7.11 Å². The van der Waals surface area contributed by atoms with Crippen molar-refractivity contribution in [3.8, 4) is 0 Å². The lowest BCUT2D eigenvalue weighted by Crippen LogP contribution is -2.28. The van der Waals surface area contributed by atoms with E-state index < -0.39 is 0 Å². The molecule has 0 unspecified atom stereocenters. The second-order valence-corrected chi connectivity index (χ2v) is 5.14. The number of nitrogens with zero attached hydrogens (tertiary/aromatic N) is 1. The molecule has 1 aromatic rings. The van der Waals surface area contributed by atoms with Crippen LogP contribution in [-0.2, 0) is 16.8 Å². The second kappa shape index (κ2) is 4.86. The average Bonchev–Trinajstić information content (AvgIpc) is 2.82. The van der Waals surface area contributed by atoms with Crippen molar-refractivity contribution < 1.29 is 4.74 Å². The highest BCUT2D eigenvalue weighted by Gasteiger charge is 2.38. The normalized spacial score (nSPS) is 18.5. The van der Waals surface area contributed by atoms with Gasteiger partial charge in [0.2, 0.25) is 0 Å². The van der Waals surface area contributed by atoms with Gasteiger partial charge in [0.1, 0.15) is 16.1 Å². The highest BCUT2D eigenvalue weighted by Crippen LogP contribution is 2.40. The third-order valence-corrected chi connectivity index (χ3v) is 4.24. The van der Waals surface area contributed by atoms with Crippen LogP contribution in [0, 0.1) is 11.6 Å². The summed E-state index contributed by atoms with van der Waals surface area (Å²) in [5.74, 6) is 0.921. The molecule has 1 aliphatic rings. The fourth-order valence-electron chi connectivity index (χ4n) is 2.63. The van der Waals surface area contributed by atoms with Gasteiger partial charge in [-0.1, -0.05) is 19.1 Å².